The first kappa shape index (κ1) is 14.0. The number of aromatic nitrogens is 1. The van der Waals surface area contributed by atoms with E-state index in [-0.39, 0.29) is 17.9 Å². The number of carbonyl (C=O) groups is 1. The predicted molar refractivity (Wildman–Crippen MR) is 83.5 cm³/mol. The predicted octanol–water partition coefficient (Wildman–Crippen LogP) is 1.45. The van der Waals surface area contributed by atoms with E-state index < -0.39 is 0 Å². The van der Waals surface area contributed by atoms with Crippen molar-refractivity contribution < 1.29 is 9.53 Å². The molecule has 3 heterocycles. The standard InChI is InChI=1S/C17H23N3O2/c21-17(12-4-5-12)19-9-15-14-6-8-20(10-13(14)11-22-15)16-3-1-2-7-18-16/h1-3,7,12-15H,4-6,8-11H2,(H,19,21)/t13-,14-,15-/m1/s1. The van der Waals surface area contributed by atoms with Gasteiger partial charge in [0.25, 0.3) is 0 Å². The van der Waals surface area contributed by atoms with Crippen LogP contribution in [0.3, 0.4) is 0 Å². The zero-order chi connectivity index (χ0) is 14.9. The Kier molecular flexibility index (Phi) is 3.74. The third kappa shape index (κ3) is 2.82. The summed E-state index contributed by atoms with van der Waals surface area (Å²) in [7, 11) is 0. The number of hydrogen-bond donors (Lipinski definition) is 1. The van der Waals surface area contributed by atoms with Crippen LogP contribution < -0.4 is 10.2 Å². The number of fused-ring (bicyclic) bond motifs is 1. The summed E-state index contributed by atoms with van der Waals surface area (Å²) >= 11 is 0. The quantitative estimate of drug-likeness (QED) is 0.914. The Balaban J connectivity index is 1.32. The Morgan fingerprint density at radius 2 is 2.27 bits per heavy atom. The maximum Gasteiger partial charge on any atom is 0.223 e. The zero-order valence-electron chi connectivity index (χ0n) is 12.8. The van der Waals surface area contributed by atoms with Crippen LogP contribution in [0.25, 0.3) is 0 Å². The van der Waals surface area contributed by atoms with E-state index in [0.29, 0.717) is 18.4 Å². The van der Waals surface area contributed by atoms with Gasteiger partial charge >= 0.3 is 0 Å². The smallest absolute Gasteiger partial charge is 0.223 e. The van der Waals surface area contributed by atoms with Gasteiger partial charge in [-0.3, -0.25) is 4.79 Å². The molecule has 0 unspecified atom stereocenters. The average molecular weight is 301 g/mol. The lowest BCUT2D eigenvalue weighted by Gasteiger charge is -2.36. The Bertz CT molecular complexity index is 532. The Morgan fingerprint density at radius 3 is 3.05 bits per heavy atom. The SMILES string of the molecule is O=C(NC[C@H]1OC[C@H]2CN(c3ccccn3)CC[C@H]21)C1CC1. The summed E-state index contributed by atoms with van der Waals surface area (Å²) < 4.78 is 5.97. The fraction of sp³-hybridized carbons (Fsp3) is 0.647. The van der Waals surface area contributed by atoms with Crippen LogP contribution in [-0.4, -0.2) is 43.2 Å². The van der Waals surface area contributed by atoms with E-state index in [1.807, 2.05) is 18.3 Å². The number of anilines is 1. The van der Waals surface area contributed by atoms with Crippen LogP contribution in [0.2, 0.25) is 0 Å². The van der Waals surface area contributed by atoms with Gasteiger partial charge < -0.3 is 15.0 Å². The molecule has 22 heavy (non-hydrogen) atoms. The summed E-state index contributed by atoms with van der Waals surface area (Å²) in [6.45, 7) is 3.52. The van der Waals surface area contributed by atoms with Gasteiger partial charge in [-0.2, -0.15) is 0 Å². The lowest BCUT2D eigenvalue weighted by atomic mass is 9.84. The van der Waals surface area contributed by atoms with E-state index in [1.54, 1.807) is 0 Å². The van der Waals surface area contributed by atoms with Gasteiger partial charge in [-0.15, -0.1) is 0 Å². The molecule has 3 atom stereocenters. The van der Waals surface area contributed by atoms with Crippen LogP contribution >= 0.6 is 0 Å². The topological polar surface area (TPSA) is 54.5 Å². The van der Waals surface area contributed by atoms with Crippen LogP contribution in [0.5, 0.6) is 0 Å². The van der Waals surface area contributed by atoms with E-state index in [0.717, 1.165) is 44.8 Å². The summed E-state index contributed by atoms with van der Waals surface area (Å²) in [4.78, 5) is 18.6. The Labute approximate surface area is 131 Å². The molecule has 0 spiro atoms. The molecule has 5 nitrogen and oxygen atoms in total. The van der Waals surface area contributed by atoms with Crippen molar-refractivity contribution in [2.45, 2.75) is 25.4 Å². The molecule has 0 bridgehead atoms. The molecule has 1 aliphatic carbocycles. The first-order valence-corrected chi connectivity index (χ1v) is 8.36. The largest absolute Gasteiger partial charge is 0.376 e. The zero-order valence-corrected chi connectivity index (χ0v) is 12.8. The third-order valence-corrected chi connectivity index (χ3v) is 5.19. The van der Waals surface area contributed by atoms with Crippen LogP contribution in [0.1, 0.15) is 19.3 Å². The number of rotatable bonds is 4. The van der Waals surface area contributed by atoms with Crippen molar-refractivity contribution in [3.63, 3.8) is 0 Å². The maximum absolute atomic E-state index is 11.8. The summed E-state index contributed by atoms with van der Waals surface area (Å²) in [5.74, 6) is 2.69. The highest BCUT2D eigenvalue weighted by Gasteiger charge is 2.41. The molecular formula is C17H23N3O2. The lowest BCUT2D eigenvalue weighted by molar-refractivity contribution is -0.122. The number of ether oxygens (including phenoxy) is 1. The minimum Gasteiger partial charge on any atom is -0.376 e. The molecule has 0 radical (unpaired) electrons. The van der Waals surface area contributed by atoms with Crippen molar-refractivity contribution in [1.29, 1.82) is 0 Å². The first-order valence-electron chi connectivity index (χ1n) is 8.36. The van der Waals surface area contributed by atoms with Crippen LogP contribution in [0.4, 0.5) is 5.82 Å². The fourth-order valence-electron chi connectivity index (χ4n) is 3.74. The molecule has 5 heteroatoms. The van der Waals surface area contributed by atoms with Crippen molar-refractivity contribution in [2.75, 3.05) is 31.1 Å². The summed E-state index contributed by atoms with van der Waals surface area (Å²) in [5.41, 5.74) is 0. The van der Waals surface area contributed by atoms with Crippen molar-refractivity contribution in [3.05, 3.63) is 24.4 Å². The van der Waals surface area contributed by atoms with Gasteiger partial charge in [0.15, 0.2) is 0 Å². The van der Waals surface area contributed by atoms with Gasteiger partial charge in [-0.1, -0.05) is 6.07 Å². The second-order valence-electron chi connectivity index (χ2n) is 6.74. The van der Waals surface area contributed by atoms with Crippen molar-refractivity contribution in [3.8, 4) is 0 Å². The molecule has 2 aliphatic heterocycles. The molecule has 1 aromatic rings. The molecule has 3 aliphatic rings. The fourth-order valence-corrected chi connectivity index (χ4v) is 3.74. The van der Waals surface area contributed by atoms with Crippen LogP contribution in [0, 0.1) is 17.8 Å². The molecule has 118 valence electrons. The van der Waals surface area contributed by atoms with Gasteiger partial charge in [0, 0.05) is 37.7 Å². The normalized spacial score (nSPS) is 30.9. The van der Waals surface area contributed by atoms with Gasteiger partial charge in [0.2, 0.25) is 5.91 Å². The molecule has 2 saturated heterocycles. The van der Waals surface area contributed by atoms with Crippen molar-refractivity contribution in [2.24, 2.45) is 17.8 Å². The average Bonchev–Trinajstić information content (AvgIpc) is 3.34. The highest BCUT2D eigenvalue weighted by molar-refractivity contribution is 5.80. The lowest BCUT2D eigenvalue weighted by Crippen LogP contribution is -2.44. The van der Waals surface area contributed by atoms with Crippen LogP contribution in [0.15, 0.2) is 24.4 Å². The number of nitrogens with zero attached hydrogens (tertiary/aromatic N) is 2. The van der Waals surface area contributed by atoms with E-state index in [1.165, 1.54) is 0 Å². The number of nitrogens with one attached hydrogen (secondary N) is 1. The summed E-state index contributed by atoms with van der Waals surface area (Å²) in [6.07, 6.45) is 5.28. The van der Waals surface area contributed by atoms with Crippen molar-refractivity contribution in [1.82, 2.24) is 10.3 Å². The molecule has 3 fully saturated rings. The molecule has 4 rings (SSSR count). The maximum atomic E-state index is 11.8. The van der Waals surface area contributed by atoms with E-state index in [2.05, 4.69) is 21.3 Å². The number of hydrogen-bond acceptors (Lipinski definition) is 4. The molecule has 1 aromatic heterocycles. The van der Waals surface area contributed by atoms with Gasteiger partial charge in [-0.25, -0.2) is 4.98 Å². The number of pyridine rings is 1. The third-order valence-electron chi connectivity index (χ3n) is 5.19. The monoisotopic (exact) mass is 301 g/mol. The second-order valence-corrected chi connectivity index (χ2v) is 6.74. The van der Waals surface area contributed by atoms with Crippen molar-refractivity contribution >= 4 is 11.7 Å². The number of piperidine rings is 1. The molecule has 1 N–H and O–H groups in total. The summed E-state index contributed by atoms with van der Waals surface area (Å²) in [5, 5.41) is 3.07. The van der Waals surface area contributed by atoms with Gasteiger partial charge in [-0.05, 0) is 37.3 Å². The Hall–Kier alpha value is -1.62. The van der Waals surface area contributed by atoms with E-state index >= 15 is 0 Å². The molecular weight excluding hydrogens is 278 g/mol. The molecule has 1 amide bonds. The van der Waals surface area contributed by atoms with Gasteiger partial charge in [0.05, 0.1) is 12.7 Å². The molecule has 0 aromatic carbocycles. The summed E-state index contributed by atoms with van der Waals surface area (Å²) in [6, 6.07) is 6.06. The second kappa shape index (κ2) is 5.88. The highest BCUT2D eigenvalue weighted by Crippen LogP contribution is 2.35. The number of amides is 1. The van der Waals surface area contributed by atoms with E-state index in [9.17, 15) is 4.79 Å². The van der Waals surface area contributed by atoms with Gasteiger partial charge in [0.1, 0.15) is 5.82 Å². The Morgan fingerprint density at radius 1 is 1.36 bits per heavy atom. The first-order chi connectivity index (χ1) is 10.8. The minimum atomic E-state index is 0.193. The number of carbonyl (C=O) groups excluding carboxylic acids is 1. The van der Waals surface area contributed by atoms with E-state index in [4.69, 9.17) is 4.74 Å². The molecule has 1 saturated carbocycles. The highest BCUT2D eigenvalue weighted by atomic mass is 16.5. The minimum absolute atomic E-state index is 0.193. The van der Waals surface area contributed by atoms with Crippen LogP contribution in [-0.2, 0) is 9.53 Å².